The van der Waals surface area contributed by atoms with Crippen molar-refractivity contribution in [3.8, 4) is 0 Å². The quantitative estimate of drug-likeness (QED) is 0.810. The lowest BCUT2D eigenvalue weighted by atomic mass is 10.1. The van der Waals surface area contributed by atoms with Crippen molar-refractivity contribution < 1.29 is 0 Å². The van der Waals surface area contributed by atoms with E-state index in [1.54, 1.807) is 0 Å². The maximum atomic E-state index is 5.94. The zero-order chi connectivity index (χ0) is 11.1. The number of hydrogen-bond acceptors (Lipinski definition) is 3. The average Bonchev–Trinajstić information content (AvgIpc) is 3.03. The number of nitrogens with zero attached hydrogens (tertiary/aromatic N) is 2. The Morgan fingerprint density at radius 3 is 2.88 bits per heavy atom. The smallest absolute Gasteiger partial charge is 0.224 e. The third kappa shape index (κ3) is 1.71. The van der Waals surface area contributed by atoms with Crippen LogP contribution in [0.3, 0.4) is 0 Å². The van der Waals surface area contributed by atoms with Crippen molar-refractivity contribution >= 4 is 28.3 Å². The molecule has 0 radical (unpaired) electrons. The van der Waals surface area contributed by atoms with Gasteiger partial charge in [-0.1, -0.05) is 12.1 Å². The fraction of sp³-hybridized carbons (Fsp3) is 0.333. The summed E-state index contributed by atoms with van der Waals surface area (Å²) in [5.41, 5.74) is 2.06. The lowest BCUT2D eigenvalue weighted by Gasteiger charge is -2.09. The van der Waals surface area contributed by atoms with Gasteiger partial charge in [0, 0.05) is 11.4 Å². The summed E-state index contributed by atoms with van der Waals surface area (Å²) in [5.74, 6) is 0.862. The van der Waals surface area contributed by atoms with Gasteiger partial charge in [0.15, 0.2) is 0 Å². The molecule has 0 saturated heterocycles. The Bertz CT molecular complexity index is 549. The van der Waals surface area contributed by atoms with E-state index in [-0.39, 0.29) is 0 Å². The number of halogens is 1. The van der Waals surface area contributed by atoms with Gasteiger partial charge in [0.25, 0.3) is 0 Å². The minimum absolute atomic E-state index is 0.310. The van der Waals surface area contributed by atoms with Crippen molar-refractivity contribution in [1.29, 1.82) is 0 Å². The van der Waals surface area contributed by atoms with E-state index in [0.717, 1.165) is 22.3 Å². The topological polar surface area (TPSA) is 37.8 Å². The Labute approximate surface area is 98.9 Å². The second-order valence-electron chi connectivity index (χ2n) is 4.23. The fourth-order valence-electron chi connectivity index (χ4n) is 1.80. The molecule has 0 aliphatic heterocycles. The molecule has 1 heterocycles. The van der Waals surface area contributed by atoms with E-state index in [1.807, 2.05) is 25.1 Å². The summed E-state index contributed by atoms with van der Waals surface area (Å²) in [6, 6.07) is 6.65. The molecule has 1 aromatic heterocycles. The molecule has 0 spiro atoms. The van der Waals surface area contributed by atoms with Gasteiger partial charge in [-0.3, -0.25) is 0 Å². The SMILES string of the molecule is Cc1cccc2c(NC3CC3)nc(Cl)nc12. The van der Waals surface area contributed by atoms with Crippen molar-refractivity contribution in [2.45, 2.75) is 25.8 Å². The molecule has 3 rings (SSSR count). The van der Waals surface area contributed by atoms with Gasteiger partial charge in [-0.15, -0.1) is 0 Å². The Morgan fingerprint density at radius 2 is 2.12 bits per heavy atom. The first-order valence-corrected chi connectivity index (χ1v) is 5.81. The number of para-hydroxylation sites is 1. The summed E-state index contributed by atoms with van der Waals surface area (Å²) >= 11 is 5.94. The largest absolute Gasteiger partial charge is 0.367 e. The highest BCUT2D eigenvalue weighted by atomic mass is 35.5. The van der Waals surface area contributed by atoms with E-state index in [9.17, 15) is 0 Å². The van der Waals surface area contributed by atoms with Crippen LogP contribution in [0.25, 0.3) is 10.9 Å². The van der Waals surface area contributed by atoms with E-state index in [0.29, 0.717) is 11.3 Å². The number of benzene rings is 1. The first-order valence-electron chi connectivity index (χ1n) is 5.43. The summed E-state index contributed by atoms with van der Waals surface area (Å²) < 4.78 is 0. The minimum Gasteiger partial charge on any atom is -0.367 e. The normalized spacial score (nSPS) is 15.4. The van der Waals surface area contributed by atoms with Crippen LogP contribution in [0.5, 0.6) is 0 Å². The molecule has 1 aliphatic rings. The maximum Gasteiger partial charge on any atom is 0.224 e. The van der Waals surface area contributed by atoms with Crippen molar-refractivity contribution in [2.24, 2.45) is 0 Å². The summed E-state index contributed by atoms with van der Waals surface area (Å²) in [6.45, 7) is 2.03. The first-order chi connectivity index (χ1) is 7.74. The number of aromatic nitrogens is 2. The molecule has 3 nitrogen and oxygen atoms in total. The molecule has 0 unspecified atom stereocenters. The van der Waals surface area contributed by atoms with Crippen LogP contribution in [0.15, 0.2) is 18.2 Å². The van der Waals surface area contributed by atoms with Crippen molar-refractivity contribution in [3.05, 3.63) is 29.0 Å². The number of nitrogens with one attached hydrogen (secondary N) is 1. The minimum atomic E-state index is 0.310. The van der Waals surface area contributed by atoms with Crippen LogP contribution in [-0.4, -0.2) is 16.0 Å². The third-order valence-corrected chi connectivity index (χ3v) is 2.99. The number of aryl methyl sites for hydroxylation is 1. The lowest BCUT2D eigenvalue weighted by molar-refractivity contribution is 1.10. The molecule has 0 bridgehead atoms. The molecule has 16 heavy (non-hydrogen) atoms. The van der Waals surface area contributed by atoms with Crippen molar-refractivity contribution in [3.63, 3.8) is 0 Å². The predicted molar refractivity (Wildman–Crippen MR) is 65.9 cm³/mol. The summed E-state index contributed by atoms with van der Waals surface area (Å²) in [4.78, 5) is 8.54. The zero-order valence-corrected chi connectivity index (χ0v) is 9.75. The standard InChI is InChI=1S/C12H12ClN3/c1-7-3-2-4-9-10(7)15-12(13)16-11(9)14-8-5-6-8/h2-4,8H,5-6H2,1H3,(H,14,15,16). The van der Waals surface area contributed by atoms with Gasteiger partial charge in [-0.25, -0.2) is 9.97 Å². The Kier molecular flexibility index (Phi) is 2.21. The molecular formula is C12H12ClN3. The van der Waals surface area contributed by atoms with Crippen LogP contribution in [0.1, 0.15) is 18.4 Å². The van der Waals surface area contributed by atoms with Crippen LogP contribution in [-0.2, 0) is 0 Å². The van der Waals surface area contributed by atoms with Crippen LogP contribution >= 0.6 is 11.6 Å². The third-order valence-electron chi connectivity index (χ3n) is 2.82. The highest BCUT2D eigenvalue weighted by Gasteiger charge is 2.22. The summed E-state index contributed by atoms with van der Waals surface area (Å²) in [6.07, 6.45) is 2.43. The van der Waals surface area contributed by atoms with Crippen LogP contribution in [0.2, 0.25) is 5.28 Å². The van der Waals surface area contributed by atoms with E-state index in [4.69, 9.17) is 11.6 Å². The molecule has 2 aromatic rings. The molecule has 4 heteroatoms. The second kappa shape index (κ2) is 3.59. The molecule has 1 aromatic carbocycles. The molecule has 0 atom stereocenters. The number of hydrogen-bond donors (Lipinski definition) is 1. The van der Waals surface area contributed by atoms with Gasteiger partial charge in [0.1, 0.15) is 5.82 Å². The molecule has 1 saturated carbocycles. The summed E-state index contributed by atoms with van der Waals surface area (Å²) in [5, 5.41) is 4.75. The molecule has 82 valence electrons. The number of anilines is 1. The van der Waals surface area contributed by atoms with Crippen molar-refractivity contribution in [2.75, 3.05) is 5.32 Å². The maximum absolute atomic E-state index is 5.94. The van der Waals surface area contributed by atoms with Crippen LogP contribution in [0.4, 0.5) is 5.82 Å². The monoisotopic (exact) mass is 233 g/mol. The zero-order valence-electron chi connectivity index (χ0n) is 9.00. The van der Waals surface area contributed by atoms with Gasteiger partial charge >= 0.3 is 0 Å². The number of rotatable bonds is 2. The van der Waals surface area contributed by atoms with E-state index in [2.05, 4.69) is 15.3 Å². The van der Waals surface area contributed by atoms with Gasteiger partial charge in [-0.05, 0) is 43.0 Å². The van der Waals surface area contributed by atoms with Crippen molar-refractivity contribution in [1.82, 2.24) is 9.97 Å². The molecule has 1 fully saturated rings. The van der Waals surface area contributed by atoms with Gasteiger partial charge in [0.05, 0.1) is 5.52 Å². The van der Waals surface area contributed by atoms with Crippen LogP contribution in [0, 0.1) is 6.92 Å². The fourth-order valence-corrected chi connectivity index (χ4v) is 1.97. The average molecular weight is 234 g/mol. The highest BCUT2D eigenvalue weighted by molar-refractivity contribution is 6.28. The van der Waals surface area contributed by atoms with Crippen LogP contribution < -0.4 is 5.32 Å². The predicted octanol–water partition coefficient (Wildman–Crippen LogP) is 3.17. The molecule has 1 N–H and O–H groups in total. The van der Waals surface area contributed by atoms with Gasteiger partial charge < -0.3 is 5.32 Å². The highest BCUT2D eigenvalue weighted by Crippen LogP contribution is 2.29. The summed E-state index contributed by atoms with van der Waals surface area (Å²) in [7, 11) is 0. The first kappa shape index (κ1) is 9.85. The lowest BCUT2D eigenvalue weighted by Crippen LogP contribution is -2.05. The second-order valence-corrected chi connectivity index (χ2v) is 4.57. The Morgan fingerprint density at radius 1 is 1.31 bits per heavy atom. The van der Waals surface area contributed by atoms with E-state index < -0.39 is 0 Å². The number of fused-ring (bicyclic) bond motifs is 1. The van der Waals surface area contributed by atoms with Gasteiger partial charge in [-0.2, -0.15) is 0 Å². The van der Waals surface area contributed by atoms with E-state index in [1.165, 1.54) is 12.8 Å². The van der Waals surface area contributed by atoms with Gasteiger partial charge in [0.2, 0.25) is 5.28 Å². The van der Waals surface area contributed by atoms with E-state index >= 15 is 0 Å². The molecule has 1 aliphatic carbocycles. The Balaban J connectivity index is 2.20. The Hall–Kier alpha value is -1.35. The molecular weight excluding hydrogens is 222 g/mol. The molecule has 0 amide bonds.